The van der Waals surface area contributed by atoms with Crippen LogP contribution in [-0.2, 0) is 6.42 Å². The Morgan fingerprint density at radius 2 is 1.88 bits per heavy atom. The molecule has 0 spiro atoms. The van der Waals surface area contributed by atoms with Crippen molar-refractivity contribution < 1.29 is 0 Å². The van der Waals surface area contributed by atoms with Crippen molar-refractivity contribution in [1.29, 1.82) is 0 Å². The van der Waals surface area contributed by atoms with E-state index in [-0.39, 0.29) is 0 Å². The second-order valence-corrected chi connectivity index (χ2v) is 5.48. The zero-order valence-electron chi connectivity index (χ0n) is 9.68. The lowest BCUT2D eigenvalue weighted by Gasteiger charge is -2.04. The Labute approximate surface area is 105 Å². The van der Waals surface area contributed by atoms with Gasteiger partial charge in [-0.25, -0.2) is 4.98 Å². The van der Waals surface area contributed by atoms with Gasteiger partial charge in [-0.1, -0.05) is 42.5 Å². The van der Waals surface area contributed by atoms with Crippen molar-refractivity contribution in [2.24, 2.45) is 0 Å². The van der Waals surface area contributed by atoms with Crippen molar-refractivity contribution >= 4 is 22.1 Å². The number of hydrogen-bond donors (Lipinski definition) is 0. The number of aromatic nitrogens is 1. The number of aryl methyl sites for hydroxylation is 1. The molecule has 0 aliphatic carbocycles. The summed E-state index contributed by atoms with van der Waals surface area (Å²) in [5.41, 5.74) is 1.38. The lowest BCUT2D eigenvalue weighted by molar-refractivity contribution is 1.22. The highest BCUT2D eigenvalue weighted by Crippen LogP contribution is 2.23. The number of hydrogen-bond acceptors (Lipinski definition) is 2. The third-order valence-electron chi connectivity index (χ3n) is 2.91. The summed E-state index contributed by atoms with van der Waals surface area (Å²) in [6.07, 6.45) is 2.97. The van der Waals surface area contributed by atoms with Gasteiger partial charge in [0.15, 0.2) is 0 Å². The fourth-order valence-corrected chi connectivity index (χ4v) is 2.94. The van der Waals surface area contributed by atoms with Crippen LogP contribution in [0.2, 0.25) is 0 Å². The largest absolute Gasteiger partial charge is 0.250 e. The highest BCUT2D eigenvalue weighted by atomic mass is 32.1. The van der Waals surface area contributed by atoms with Crippen molar-refractivity contribution in [2.75, 3.05) is 0 Å². The molecule has 0 fully saturated rings. The Morgan fingerprint density at radius 1 is 1.06 bits per heavy atom. The fraction of sp³-hybridized carbons (Fsp3) is 0.133. The summed E-state index contributed by atoms with van der Waals surface area (Å²) in [6.45, 7) is 2.05. The molecule has 0 N–H and O–H groups in total. The Kier molecular flexibility index (Phi) is 2.65. The van der Waals surface area contributed by atoms with Gasteiger partial charge in [-0.2, -0.15) is 0 Å². The maximum absolute atomic E-state index is 4.31. The lowest BCUT2D eigenvalue weighted by Crippen LogP contribution is -1.86. The van der Waals surface area contributed by atoms with E-state index in [0.29, 0.717) is 0 Å². The SMILES string of the molecule is Cc1ncc(Cc2cccc3ccccc23)s1. The Bertz CT molecular complexity index is 649. The minimum atomic E-state index is 0.979. The molecule has 0 saturated carbocycles. The molecule has 3 aromatic rings. The van der Waals surface area contributed by atoms with Crippen LogP contribution in [0, 0.1) is 6.92 Å². The molecule has 0 aliphatic rings. The molecule has 1 nitrogen and oxygen atoms in total. The molecule has 17 heavy (non-hydrogen) atoms. The molecule has 1 heterocycles. The summed E-state index contributed by atoms with van der Waals surface area (Å²) in [4.78, 5) is 5.64. The number of rotatable bonds is 2. The smallest absolute Gasteiger partial charge is 0.0896 e. The highest BCUT2D eigenvalue weighted by Gasteiger charge is 2.03. The van der Waals surface area contributed by atoms with Crippen molar-refractivity contribution in [2.45, 2.75) is 13.3 Å². The topological polar surface area (TPSA) is 12.9 Å². The van der Waals surface area contributed by atoms with E-state index in [4.69, 9.17) is 0 Å². The number of fused-ring (bicyclic) bond motifs is 1. The van der Waals surface area contributed by atoms with Gasteiger partial charge in [0.1, 0.15) is 0 Å². The quantitative estimate of drug-likeness (QED) is 0.653. The first kappa shape index (κ1) is 10.5. The lowest BCUT2D eigenvalue weighted by atomic mass is 10.0. The van der Waals surface area contributed by atoms with Gasteiger partial charge >= 0.3 is 0 Å². The van der Waals surface area contributed by atoms with Gasteiger partial charge < -0.3 is 0 Å². The number of thiazole rings is 1. The van der Waals surface area contributed by atoms with E-state index >= 15 is 0 Å². The normalized spacial score (nSPS) is 10.9. The highest BCUT2D eigenvalue weighted by molar-refractivity contribution is 7.11. The predicted molar refractivity (Wildman–Crippen MR) is 73.6 cm³/mol. The Hall–Kier alpha value is -1.67. The Morgan fingerprint density at radius 3 is 2.71 bits per heavy atom. The zero-order valence-corrected chi connectivity index (χ0v) is 10.5. The van der Waals surface area contributed by atoms with Crippen LogP contribution in [0.3, 0.4) is 0 Å². The molecule has 0 radical (unpaired) electrons. The van der Waals surface area contributed by atoms with Crippen molar-refractivity contribution in [3.05, 3.63) is 64.1 Å². The maximum Gasteiger partial charge on any atom is 0.0896 e. The van der Waals surface area contributed by atoms with E-state index in [0.717, 1.165) is 11.4 Å². The first-order valence-corrected chi connectivity index (χ1v) is 6.52. The molecule has 0 amide bonds. The van der Waals surface area contributed by atoms with E-state index in [1.165, 1.54) is 21.2 Å². The van der Waals surface area contributed by atoms with Gasteiger partial charge in [-0.05, 0) is 23.3 Å². The monoisotopic (exact) mass is 239 g/mol. The van der Waals surface area contributed by atoms with E-state index in [1.807, 2.05) is 6.20 Å². The molecular weight excluding hydrogens is 226 g/mol. The third-order valence-corrected chi connectivity index (χ3v) is 3.83. The predicted octanol–water partition coefficient (Wildman–Crippen LogP) is 4.20. The van der Waals surface area contributed by atoms with Gasteiger partial charge in [0, 0.05) is 17.5 Å². The summed E-state index contributed by atoms with van der Waals surface area (Å²) in [6, 6.07) is 15.0. The van der Waals surface area contributed by atoms with E-state index in [9.17, 15) is 0 Å². The minimum Gasteiger partial charge on any atom is -0.250 e. The average molecular weight is 239 g/mol. The van der Waals surface area contributed by atoms with E-state index in [1.54, 1.807) is 11.3 Å². The van der Waals surface area contributed by atoms with Crippen LogP contribution in [0.4, 0.5) is 0 Å². The maximum atomic E-state index is 4.31. The van der Waals surface area contributed by atoms with Crippen LogP contribution in [0.25, 0.3) is 10.8 Å². The number of nitrogens with zero attached hydrogens (tertiary/aromatic N) is 1. The molecule has 0 saturated heterocycles. The summed E-state index contributed by atoms with van der Waals surface area (Å²) < 4.78 is 0. The molecular formula is C15H13NS. The summed E-state index contributed by atoms with van der Waals surface area (Å²) in [7, 11) is 0. The van der Waals surface area contributed by atoms with Crippen molar-refractivity contribution in [3.8, 4) is 0 Å². The molecule has 0 aliphatic heterocycles. The first-order chi connectivity index (χ1) is 8.33. The van der Waals surface area contributed by atoms with Crippen molar-refractivity contribution in [3.63, 3.8) is 0 Å². The summed E-state index contributed by atoms with van der Waals surface area (Å²) >= 11 is 1.78. The van der Waals surface area contributed by atoms with Gasteiger partial charge in [-0.3, -0.25) is 0 Å². The van der Waals surface area contributed by atoms with Gasteiger partial charge in [0.2, 0.25) is 0 Å². The standard InChI is InChI=1S/C15H13NS/c1-11-16-10-14(17-11)9-13-7-4-6-12-5-2-3-8-15(12)13/h2-8,10H,9H2,1H3. The van der Waals surface area contributed by atoms with Gasteiger partial charge in [0.25, 0.3) is 0 Å². The molecule has 84 valence electrons. The third kappa shape index (κ3) is 2.08. The second-order valence-electron chi connectivity index (χ2n) is 4.16. The van der Waals surface area contributed by atoms with Crippen molar-refractivity contribution in [1.82, 2.24) is 4.98 Å². The average Bonchev–Trinajstić information content (AvgIpc) is 2.75. The van der Waals surface area contributed by atoms with E-state index in [2.05, 4.69) is 54.4 Å². The van der Waals surface area contributed by atoms with E-state index < -0.39 is 0 Å². The molecule has 0 unspecified atom stereocenters. The van der Waals surface area contributed by atoms with Crippen LogP contribution in [0.15, 0.2) is 48.7 Å². The van der Waals surface area contributed by atoms with Crippen LogP contribution < -0.4 is 0 Å². The van der Waals surface area contributed by atoms with Gasteiger partial charge in [0.05, 0.1) is 5.01 Å². The molecule has 3 rings (SSSR count). The van der Waals surface area contributed by atoms with Crippen LogP contribution in [0.1, 0.15) is 15.4 Å². The first-order valence-electron chi connectivity index (χ1n) is 5.71. The zero-order chi connectivity index (χ0) is 11.7. The molecule has 0 bridgehead atoms. The van der Waals surface area contributed by atoms with Gasteiger partial charge in [-0.15, -0.1) is 11.3 Å². The van der Waals surface area contributed by atoms with Crippen LogP contribution in [-0.4, -0.2) is 4.98 Å². The van der Waals surface area contributed by atoms with Crippen LogP contribution in [0.5, 0.6) is 0 Å². The fourth-order valence-electron chi connectivity index (χ4n) is 2.12. The molecule has 2 heteroatoms. The molecule has 1 aromatic heterocycles. The minimum absolute atomic E-state index is 0.979. The second kappa shape index (κ2) is 4.30. The summed E-state index contributed by atoms with van der Waals surface area (Å²) in [5, 5.41) is 3.80. The Balaban J connectivity index is 2.05. The molecule has 0 atom stereocenters. The number of benzene rings is 2. The van der Waals surface area contributed by atoms with Crippen LogP contribution >= 0.6 is 11.3 Å². The summed E-state index contributed by atoms with van der Waals surface area (Å²) in [5.74, 6) is 0. The molecule has 2 aromatic carbocycles.